The van der Waals surface area contributed by atoms with Crippen LogP contribution in [0.3, 0.4) is 0 Å². The summed E-state index contributed by atoms with van der Waals surface area (Å²) < 4.78 is 29.7. The van der Waals surface area contributed by atoms with E-state index in [-0.39, 0.29) is 29.8 Å². The van der Waals surface area contributed by atoms with Gasteiger partial charge >= 0.3 is 0 Å². The summed E-state index contributed by atoms with van der Waals surface area (Å²) in [5.41, 5.74) is 4.52. The number of carbonyl (C=O) groups is 2. The van der Waals surface area contributed by atoms with Crippen LogP contribution in [-0.4, -0.2) is 43.8 Å². The molecule has 0 radical (unpaired) electrons. The molecule has 236 valence electrons. The summed E-state index contributed by atoms with van der Waals surface area (Å²) in [6.45, 7) is 8.87. The second-order valence-electron chi connectivity index (χ2n) is 11.6. The van der Waals surface area contributed by atoms with Crippen molar-refractivity contribution in [2.75, 3.05) is 10.8 Å². The van der Waals surface area contributed by atoms with Gasteiger partial charge in [0.2, 0.25) is 11.8 Å². The van der Waals surface area contributed by atoms with Crippen molar-refractivity contribution in [3.63, 3.8) is 0 Å². The number of rotatable bonds is 12. The van der Waals surface area contributed by atoms with Crippen LogP contribution in [0, 0.1) is 20.8 Å². The Hall–Kier alpha value is -4.14. The monoisotopic (exact) mass is 645 g/mol. The van der Waals surface area contributed by atoms with E-state index in [2.05, 4.69) is 5.32 Å². The van der Waals surface area contributed by atoms with E-state index in [9.17, 15) is 18.0 Å². The molecule has 0 saturated heterocycles. The SMILES string of the molecule is Cc1ccc(S(=O)(=O)N(CC(=O)N(Cc2cccc(Cl)c2)[C@@H](Cc2ccccc2)C(=O)NC(C)C)c2cccc(C)c2C)cc1. The third kappa shape index (κ3) is 8.53. The van der Waals surface area contributed by atoms with Crippen LogP contribution in [0.25, 0.3) is 0 Å². The second-order valence-corrected chi connectivity index (χ2v) is 13.9. The van der Waals surface area contributed by atoms with E-state index in [1.807, 2.05) is 77.1 Å². The lowest BCUT2D eigenvalue weighted by Gasteiger charge is -2.34. The number of hydrogen-bond acceptors (Lipinski definition) is 4. The normalized spacial score (nSPS) is 12.1. The largest absolute Gasteiger partial charge is 0.352 e. The van der Waals surface area contributed by atoms with Gasteiger partial charge in [0.1, 0.15) is 12.6 Å². The molecule has 4 aromatic carbocycles. The lowest BCUT2D eigenvalue weighted by atomic mass is 10.0. The van der Waals surface area contributed by atoms with Crippen LogP contribution >= 0.6 is 11.6 Å². The van der Waals surface area contributed by atoms with Gasteiger partial charge < -0.3 is 10.2 Å². The van der Waals surface area contributed by atoms with Crippen LogP contribution in [-0.2, 0) is 32.6 Å². The Morgan fingerprint density at radius 2 is 1.47 bits per heavy atom. The zero-order chi connectivity index (χ0) is 32.7. The molecule has 0 bridgehead atoms. The predicted octanol–water partition coefficient (Wildman–Crippen LogP) is 6.63. The Balaban J connectivity index is 1.84. The second kappa shape index (κ2) is 14.8. The Kier molecular flexibility index (Phi) is 11.1. The third-order valence-corrected chi connectivity index (χ3v) is 9.69. The summed E-state index contributed by atoms with van der Waals surface area (Å²) in [5.74, 6) is -0.852. The highest BCUT2D eigenvalue weighted by Gasteiger charge is 2.35. The van der Waals surface area contributed by atoms with Crippen molar-refractivity contribution in [2.24, 2.45) is 0 Å². The molecule has 2 amide bonds. The van der Waals surface area contributed by atoms with Crippen molar-refractivity contribution in [3.8, 4) is 0 Å². The molecule has 0 aliphatic heterocycles. The van der Waals surface area contributed by atoms with Gasteiger partial charge in [-0.1, -0.05) is 83.9 Å². The van der Waals surface area contributed by atoms with Gasteiger partial charge in [0.15, 0.2) is 0 Å². The highest BCUT2D eigenvalue weighted by atomic mass is 35.5. The van der Waals surface area contributed by atoms with Crippen molar-refractivity contribution in [1.82, 2.24) is 10.2 Å². The smallest absolute Gasteiger partial charge is 0.264 e. The Morgan fingerprint density at radius 3 is 2.11 bits per heavy atom. The molecule has 0 saturated carbocycles. The number of anilines is 1. The van der Waals surface area contributed by atoms with Crippen LogP contribution in [0.5, 0.6) is 0 Å². The first kappa shape index (κ1) is 33.7. The number of carbonyl (C=O) groups excluding carboxylic acids is 2. The van der Waals surface area contributed by atoms with Crippen molar-refractivity contribution in [2.45, 2.75) is 64.6 Å². The summed E-state index contributed by atoms with van der Waals surface area (Å²) >= 11 is 6.31. The minimum absolute atomic E-state index is 0.0492. The van der Waals surface area contributed by atoms with Gasteiger partial charge in [-0.3, -0.25) is 13.9 Å². The molecular weight excluding hydrogens is 606 g/mol. The number of nitrogens with one attached hydrogen (secondary N) is 1. The Morgan fingerprint density at radius 1 is 0.822 bits per heavy atom. The van der Waals surface area contributed by atoms with Gasteiger partial charge in [-0.15, -0.1) is 0 Å². The molecule has 4 aromatic rings. The molecule has 0 aliphatic rings. The predicted molar refractivity (Wildman–Crippen MR) is 181 cm³/mol. The highest BCUT2D eigenvalue weighted by molar-refractivity contribution is 7.92. The topological polar surface area (TPSA) is 86.8 Å². The average Bonchev–Trinajstić information content (AvgIpc) is 2.99. The molecule has 4 rings (SSSR count). The standard InChI is InChI=1S/C36H40ClN3O4S/c1-25(2)38-36(42)34(22-29-12-7-6-8-13-29)39(23-30-14-10-15-31(37)21-30)35(41)24-40(33-16-9-11-27(4)28(33)5)45(43,44)32-19-17-26(3)18-20-32/h6-21,25,34H,22-24H2,1-5H3,(H,38,42)/t34-/m0/s1. The first-order chi connectivity index (χ1) is 21.4. The highest BCUT2D eigenvalue weighted by Crippen LogP contribution is 2.29. The number of nitrogens with zero attached hydrogens (tertiary/aromatic N) is 2. The first-order valence-electron chi connectivity index (χ1n) is 14.9. The number of hydrogen-bond donors (Lipinski definition) is 1. The summed E-state index contributed by atoms with van der Waals surface area (Å²) in [6.07, 6.45) is 0.236. The first-order valence-corrected chi connectivity index (χ1v) is 16.7. The molecule has 1 atom stereocenters. The fourth-order valence-electron chi connectivity index (χ4n) is 5.12. The van der Waals surface area contributed by atoms with Crippen LogP contribution in [0.2, 0.25) is 5.02 Å². The molecule has 0 heterocycles. The number of sulfonamides is 1. The summed E-state index contributed by atoms with van der Waals surface area (Å²) in [4.78, 5) is 29.9. The summed E-state index contributed by atoms with van der Waals surface area (Å²) in [7, 11) is -4.18. The zero-order valence-electron chi connectivity index (χ0n) is 26.3. The fourth-order valence-corrected chi connectivity index (χ4v) is 6.81. The van der Waals surface area contributed by atoms with E-state index in [1.165, 1.54) is 4.90 Å². The molecule has 7 nitrogen and oxygen atoms in total. The quantitative estimate of drug-likeness (QED) is 0.188. The molecule has 0 unspecified atom stereocenters. The van der Waals surface area contributed by atoms with E-state index in [1.54, 1.807) is 54.6 Å². The number of benzene rings is 4. The maximum absolute atomic E-state index is 14.6. The summed E-state index contributed by atoms with van der Waals surface area (Å²) in [5, 5.41) is 3.46. The van der Waals surface area contributed by atoms with Crippen molar-refractivity contribution in [3.05, 3.63) is 130 Å². The molecule has 0 aromatic heterocycles. The van der Waals surface area contributed by atoms with E-state index in [0.717, 1.165) is 26.6 Å². The molecule has 0 spiro atoms. The lowest BCUT2D eigenvalue weighted by Crippen LogP contribution is -2.54. The van der Waals surface area contributed by atoms with Crippen LogP contribution < -0.4 is 9.62 Å². The molecular formula is C36H40ClN3O4S. The van der Waals surface area contributed by atoms with Gasteiger partial charge in [0, 0.05) is 24.0 Å². The van der Waals surface area contributed by atoms with Gasteiger partial charge in [-0.25, -0.2) is 8.42 Å². The Labute approximate surface area is 271 Å². The number of halogens is 1. The third-order valence-electron chi connectivity index (χ3n) is 7.68. The van der Waals surface area contributed by atoms with Crippen molar-refractivity contribution >= 4 is 39.1 Å². The van der Waals surface area contributed by atoms with Crippen LogP contribution in [0.4, 0.5) is 5.69 Å². The van der Waals surface area contributed by atoms with E-state index >= 15 is 0 Å². The average molecular weight is 646 g/mol. The molecule has 9 heteroatoms. The molecule has 0 aliphatic carbocycles. The maximum atomic E-state index is 14.6. The van der Waals surface area contributed by atoms with Gasteiger partial charge in [0.05, 0.1) is 10.6 Å². The van der Waals surface area contributed by atoms with E-state index < -0.39 is 28.5 Å². The van der Waals surface area contributed by atoms with Crippen LogP contribution in [0.1, 0.15) is 41.7 Å². The van der Waals surface area contributed by atoms with Gasteiger partial charge in [-0.05, 0) is 87.2 Å². The van der Waals surface area contributed by atoms with Crippen LogP contribution in [0.15, 0.2) is 102 Å². The number of aryl methyl sites for hydroxylation is 2. The minimum Gasteiger partial charge on any atom is -0.352 e. The van der Waals surface area contributed by atoms with E-state index in [4.69, 9.17) is 11.6 Å². The maximum Gasteiger partial charge on any atom is 0.264 e. The zero-order valence-corrected chi connectivity index (χ0v) is 27.9. The molecule has 45 heavy (non-hydrogen) atoms. The minimum atomic E-state index is -4.18. The fraction of sp³-hybridized carbons (Fsp3) is 0.278. The van der Waals surface area contributed by atoms with E-state index in [0.29, 0.717) is 16.3 Å². The molecule has 0 fully saturated rings. The number of amides is 2. The Bertz CT molecular complexity index is 1740. The molecule has 1 N–H and O–H groups in total. The van der Waals surface area contributed by atoms with Crippen molar-refractivity contribution < 1.29 is 18.0 Å². The van der Waals surface area contributed by atoms with Crippen molar-refractivity contribution in [1.29, 1.82) is 0 Å². The lowest BCUT2D eigenvalue weighted by molar-refractivity contribution is -0.140. The van der Waals surface area contributed by atoms with Gasteiger partial charge in [0.25, 0.3) is 10.0 Å². The van der Waals surface area contributed by atoms with Gasteiger partial charge in [-0.2, -0.15) is 0 Å². The summed E-state index contributed by atoms with van der Waals surface area (Å²) in [6, 6.07) is 27.4.